The molecular weight excluding hydrogens is 491 g/mol. The highest BCUT2D eigenvalue weighted by Crippen LogP contribution is 2.18. The van der Waals surface area contributed by atoms with Gasteiger partial charge in [0.05, 0.1) is 0 Å². The Balaban J connectivity index is 1.77. The van der Waals surface area contributed by atoms with Crippen LogP contribution >= 0.6 is 0 Å². The number of hydrogen-bond acceptors (Lipinski definition) is 3. The molecule has 3 aromatic rings. The van der Waals surface area contributed by atoms with Gasteiger partial charge in [-0.2, -0.15) is 0 Å². The molecule has 0 saturated carbocycles. The van der Waals surface area contributed by atoms with Gasteiger partial charge in [0.15, 0.2) is 0 Å². The molecule has 0 unspecified atom stereocenters. The zero-order valence-corrected chi connectivity index (χ0v) is 24.2. The molecule has 3 rings (SSSR count). The van der Waals surface area contributed by atoms with Crippen LogP contribution in [0.5, 0.6) is 0 Å². The fourth-order valence-electron chi connectivity index (χ4n) is 3.19. The first-order valence-corrected chi connectivity index (χ1v) is 19.1. The molecule has 0 aliphatic heterocycles. The average Bonchev–Trinajstić information content (AvgIpc) is 2.81. The molecule has 0 spiro atoms. The van der Waals surface area contributed by atoms with Crippen molar-refractivity contribution in [3.8, 4) is 22.9 Å². The molecule has 2 amide bonds. The van der Waals surface area contributed by atoms with Crippen molar-refractivity contribution in [2.24, 2.45) is 0 Å². The zero-order valence-electron chi connectivity index (χ0n) is 22.2. The van der Waals surface area contributed by atoms with Crippen LogP contribution in [0.1, 0.15) is 31.8 Å². The second-order valence-corrected chi connectivity index (χ2v) is 20.4. The van der Waals surface area contributed by atoms with Crippen LogP contribution in [0.4, 0.5) is 17.1 Å². The third kappa shape index (κ3) is 9.16. The number of anilines is 3. The van der Waals surface area contributed by atoms with E-state index >= 15 is 0 Å². The van der Waals surface area contributed by atoms with Crippen LogP contribution in [0.15, 0.2) is 66.7 Å². The number of benzene rings is 3. The summed E-state index contributed by atoms with van der Waals surface area (Å²) in [6, 6.07) is 19.4. The molecule has 0 bridgehead atoms. The van der Waals surface area contributed by atoms with Crippen LogP contribution < -0.4 is 16.4 Å². The third-order valence-corrected chi connectivity index (χ3v) is 6.63. The molecule has 0 radical (unpaired) electrons. The van der Waals surface area contributed by atoms with Gasteiger partial charge in [0, 0.05) is 39.3 Å². The summed E-state index contributed by atoms with van der Waals surface area (Å²) < 4.78 is 0. The van der Waals surface area contributed by atoms with E-state index in [0.29, 0.717) is 28.2 Å². The Morgan fingerprint density at radius 1 is 0.649 bits per heavy atom. The van der Waals surface area contributed by atoms with Gasteiger partial charge in [0.2, 0.25) is 0 Å². The lowest BCUT2D eigenvalue weighted by atomic mass is 10.1. The maximum Gasteiger partial charge on any atom is 0.255 e. The van der Waals surface area contributed by atoms with E-state index < -0.39 is 16.1 Å². The molecule has 4 N–H and O–H groups in total. The highest BCUT2D eigenvalue weighted by atomic mass is 28.3. The van der Waals surface area contributed by atoms with Crippen LogP contribution in [0.3, 0.4) is 0 Å². The van der Waals surface area contributed by atoms with Crippen molar-refractivity contribution >= 4 is 45.0 Å². The molecule has 0 fully saturated rings. The minimum Gasteiger partial charge on any atom is -0.399 e. The van der Waals surface area contributed by atoms with E-state index in [-0.39, 0.29) is 11.8 Å². The topological polar surface area (TPSA) is 84.2 Å². The van der Waals surface area contributed by atoms with Crippen molar-refractivity contribution in [1.82, 2.24) is 0 Å². The summed E-state index contributed by atoms with van der Waals surface area (Å²) in [7, 11) is -3.03. The molecule has 188 valence electrons. The van der Waals surface area contributed by atoms with E-state index in [9.17, 15) is 9.59 Å². The van der Waals surface area contributed by atoms with Crippen molar-refractivity contribution in [3.05, 3.63) is 89.0 Å². The van der Waals surface area contributed by atoms with E-state index in [0.717, 1.165) is 11.1 Å². The lowest BCUT2D eigenvalue weighted by Gasteiger charge is -2.10. The highest BCUT2D eigenvalue weighted by Gasteiger charge is 2.14. The second-order valence-electron chi connectivity index (χ2n) is 10.9. The summed E-state index contributed by atoms with van der Waals surface area (Å²) in [6.07, 6.45) is 0. The molecule has 0 aromatic heterocycles. The first kappa shape index (κ1) is 27.5. The van der Waals surface area contributed by atoms with E-state index in [1.807, 2.05) is 36.4 Å². The van der Waals surface area contributed by atoms with Crippen LogP contribution in [-0.2, 0) is 0 Å². The number of carbonyl (C=O) groups excluding carboxylic acids is 2. The van der Waals surface area contributed by atoms with Crippen molar-refractivity contribution in [2.45, 2.75) is 39.3 Å². The Morgan fingerprint density at radius 3 is 1.43 bits per heavy atom. The van der Waals surface area contributed by atoms with Gasteiger partial charge in [0.1, 0.15) is 16.1 Å². The minimum absolute atomic E-state index is 0.290. The summed E-state index contributed by atoms with van der Waals surface area (Å²) in [5, 5.41) is 5.76. The van der Waals surface area contributed by atoms with E-state index in [1.165, 1.54) is 6.07 Å². The van der Waals surface area contributed by atoms with E-state index in [1.54, 1.807) is 24.3 Å². The molecule has 37 heavy (non-hydrogen) atoms. The minimum atomic E-state index is -1.51. The first-order valence-electron chi connectivity index (χ1n) is 12.1. The number of nitrogens with two attached hydrogens (primary N) is 1. The standard InChI is InChI=1S/C30H33N3O2Si2/c1-36(2,3)15-13-22-9-7-11-27(17-22)32-29(34)24-19-25(21-26(31)20-24)30(35)33-28-12-8-10-23(18-28)14-16-37(4,5)6/h7-12,17-21H,31H2,1-6H3,(H,32,34)(H,33,35). The lowest BCUT2D eigenvalue weighted by molar-refractivity contribution is 0.102. The van der Waals surface area contributed by atoms with Crippen LogP contribution in [0.2, 0.25) is 39.3 Å². The molecule has 0 aliphatic rings. The quantitative estimate of drug-likeness (QED) is 0.215. The van der Waals surface area contributed by atoms with Crippen LogP contribution in [-0.4, -0.2) is 28.0 Å². The number of hydrogen-bond donors (Lipinski definition) is 3. The summed E-state index contributed by atoms with van der Waals surface area (Å²) in [6.45, 7) is 13.1. The SMILES string of the molecule is C[Si](C)(C)C#Cc1cccc(NC(=O)c2cc(N)cc(C(=O)Nc3cccc(C#C[Si](C)(C)C)c3)c2)c1. The van der Waals surface area contributed by atoms with Gasteiger partial charge < -0.3 is 16.4 Å². The average molecular weight is 524 g/mol. The molecule has 0 heterocycles. The normalized spacial score (nSPS) is 10.9. The fourth-order valence-corrected chi connectivity index (χ4v) is 4.23. The lowest BCUT2D eigenvalue weighted by Crippen LogP contribution is -2.17. The number of amides is 2. The number of nitrogens with one attached hydrogen (secondary N) is 2. The van der Waals surface area contributed by atoms with Gasteiger partial charge in [-0.05, 0) is 54.6 Å². The van der Waals surface area contributed by atoms with Crippen LogP contribution in [0, 0.1) is 22.9 Å². The second kappa shape index (κ2) is 11.3. The van der Waals surface area contributed by atoms with Gasteiger partial charge in [-0.1, -0.05) is 63.3 Å². The maximum absolute atomic E-state index is 13.0. The summed E-state index contributed by atoms with van der Waals surface area (Å²) in [4.78, 5) is 26.0. The molecule has 0 atom stereocenters. The number of rotatable bonds is 4. The van der Waals surface area contributed by atoms with Crippen molar-refractivity contribution in [1.29, 1.82) is 0 Å². The van der Waals surface area contributed by atoms with Crippen LogP contribution in [0.25, 0.3) is 0 Å². The summed E-state index contributed by atoms with van der Waals surface area (Å²) >= 11 is 0. The van der Waals surface area contributed by atoms with Gasteiger partial charge in [-0.15, -0.1) is 11.1 Å². The summed E-state index contributed by atoms with van der Waals surface area (Å²) in [5.74, 6) is 5.67. The molecular formula is C30H33N3O2Si2. The number of nitrogen functional groups attached to an aromatic ring is 1. The van der Waals surface area contributed by atoms with Crippen molar-refractivity contribution in [2.75, 3.05) is 16.4 Å². The Hall–Kier alpha value is -4.05. The van der Waals surface area contributed by atoms with Gasteiger partial charge in [-0.3, -0.25) is 9.59 Å². The van der Waals surface area contributed by atoms with E-state index in [4.69, 9.17) is 5.73 Å². The predicted molar refractivity (Wildman–Crippen MR) is 160 cm³/mol. The Morgan fingerprint density at radius 2 is 1.05 bits per heavy atom. The predicted octanol–water partition coefficient (Wildman–Crippen LogP) is 6.23. The molecule has 3 aromatic carbocycles. The molecule has 7 heteroatoms. The summed E-state index contributed by atoms with van der Waals surface area (Å²) in [5.41, 5.74) is 16.5. The first-order chi connectivity index (χ1) is 17.3. The van der Waals surface area contributed by atoms with E-state index in [2.05, 4.69) is 72.8 Å². The monoisotopic (exact) mass is 523 g/mol. The van der Waals surface area contributed by atoms with Crippen molar-refractivity contribution < 1.29 is 9.59 Å². The molecule has 0 aliphatic carbocycles. The number of carbonyl (C=O) groups is 2. The maximum atomic E-state index is 13.0. The highest BCUT2D eigenvalue weighted by molar-refractivity contribution is 6.84. The smallest absolute Gasteiger partial charge is 0.255 e. The Labute approximate surface area is 221 Å². The fraction of sp³-hybridized carbons (Fsp3) is 0.200. The molecule has 5 nitrogen and oxygen atoms in total. The largest absolute Gasteiger partial charge is 0.399 e. The Bertz CT molecular complexity index is 1350. The van der Waals surface area contributed by atoms with Gasteiger partial charge in [0.25, 0.3) is 11.8 Å². The third-order valence-electron chi connectivity index (χ3n) is 4.88. The van der Waals surface area contributed by atoms with Gasteiger partial charge >= 0.3 is 0 Å². The zero-order chi connectivity index (χ0) is 27.2. The van der Waals surface area contributed by atoms with Crippen molar-refractivity contribution in [3.63, 3.8) is 0 Å². The van der Waals surface area contributed by atoms with Gasteiger partial charge in [-0.25, -0.2) is 0 Å². The Kier molecular flexibility index (Phi) is 8.44. The molecule has 0 saturated heterocycles.